The smallest absolute Gasteiger partial charge is 0.256 e. The van der Waals surface area contributed by atoms with Crippen LogP contribution >= 0.6 is 15.9 Å². The van der Waals surface area contributed by atoms with E-state index in [4.69, 9.17) is 9.47 Å². The minimum absolute atomic E-state index is 0.120. The number of anilines is 1. The first-order valence-corrected chi connectivity index (χ1v) is 11.5. The molecule has 0 atom stereocenters. The second-order valence-electron chi connectivity index (χ2n) is 6.57. The molecule has 2 aromatic carbocycles. The summed E-state index contributed by atoms with van der Waals surface area (Å²) in [7, 11) is -1.99. The van der Waals surface area contributed by atoms with Crippen molar-refractivity contribution in [3.8, 4) is 5.75 Å². The van der Waals surface area contributed by atoms with Crippen LogP contribution in [-0.2, 0) is 14.8 Å². The highest BCUT2D eigenvalue weighted by molar-refractivity contribution is 9.10. The lowest BCUT2D eigenvalue weighted by molar-refractivity contribution is 0.102. The summed E-state index contributed by atoms with van der Waals surface area (Å²) in [6.07, 6.45) is 1.71. The van der Waals surface area contributed by atoms with Gasteiger partial charge in [-0.25, -0.2) is 8.42 Å². The van der Waals surface area contributed by atoms with Gasteiger partial charge in [-0.3, -0.25) is 4.79 Å². The number of carbonyl (C=O) groups excluding carboxylic acids is 1. The average Bonchev–Trinajstić information content (AvgIpc) is 3.25. The normalized spacial score (nSPS) is 14.7. The number of nitrogens with zero attached hydrogens (tertiary/aromatic N) is 1. The number of hydrogen-bond donors (Lipinski definition) is 1. The van der Waals surface area contributed by atoms with Crippen LogP contribution in [-0.4, -0.2) is 52.0 Å². The number of methoxy groups -OCH3 is 1. The molecule has 1 amide bonds. The monoisotopic (exact) mass is 482 g/mol. The average molecular weight is 483 g/mol. The molecular weight excluding hydrogens is 460 g/mol. The Labute approximate surface area is 179 Å². The minimum atomic E-state index is -3.60. The van der Waals surface area contributed by atoms with Crippen LogP contribution in [0.4, 0.5) is 5.69 Å². The Morgan fingerprint density at radius 1 is 1.10 bits per heavy atom. The van der Waals surface area contributed by atoms with E-state index in [-0.39, 0.29) is 10.5 Å². The molecule has 2 aromatic rings. The third kappa shape index (κ3) is 5.36. The van der Waals surface area contributed by atoms with E-state index in [9.17, 15) is 13.2 Å². The number of rotatable bonds is 8. The molecule has 1 aliphatic heterocycles. The maximum atomic E-state index is 12.8. The Bertz CT molecular complexity index is 957. The fourth-order valence-corrected chi connectivity index (χ4v) is 4.96. The molecule has 0 bridgehead atoms. The fourth-order valence-electron chi connectivity index (χ4n) is 2.99. The van der Waals surface area contributed by atoms with Crippen molar-refractivity contribution < 1.29 is 22.7 Å². The first kappa shape index (κ1) is 21.8. The molecule has 1 heterocycles. The van der Waals surface area contributed by atoms with E-state index in [0.717, 1.165) is 12.8 Å². The zero-order chi connectivity index (χ0) is 20.9. The maximum absolute atomic E-state index is 12.8. The van der Waals surface area contributed by atoms with E-state index >= 15 is 0 Å². The summed E-state index contributed by atoms with van der Waals surface area (Å²) in [6.45, 7) is 1.95. The molecule has 1 saturated heterocycles. The lowest BCUT2D eigenvalue weighted by Gasteiger charge is -2.16. The standard InChI is InChI=1S/C20H23BrN2O5S/c1-27-12-13-28-16-6-4-15(5-7-16)22-20(24)18-14-17(8-9-19(18)21)29(25,26)23-10-2-3-11-23/h4-9,14H,2-3,10-13H2,1H3,(H,22,24). The third-order valence-corrected chi connectivity index (χ3v) is 7.14. The number of benzene rings is 2. The van der Waals surface area contributed by atoms with E-state index in [1.165, 1.54) is 16.4 Å². The minimum Gasteiger partial charge on any atom is -0.491 e. The molecule has 7 nitrogen and oxygen atoms in total. The van der Waals surface area contributed by atoms with Crippen molar-refractivity contribution >= 4 is 37.5 Å². The van der Waals surface area contributed by atoms with Gasteiger partial charge in [0.2, 0.25) is 10.0 Å². The summed E-state index contributed by atoms with van der Waals surface area (Å²) in [4.78, 5) is 12.9. The third-order valence-electron chi connectivity index (χ3n) is 4.55. The van der Waals surface area contributed by atoms with E-state index in [0.29, 0.717) is 42.2 Å². The number of amides is 1. The summed E-state index contributed by atoms with van der Waals surface area (Å²) >= 11 is 3.34. The Kier molecular flexibility index (Phi) is 7.28. The van der Waals surface area contributed by atoms with E-state index < -0.39 is 15.9 Å². The Balaban J connectivity index is 1.73. The molecule has 29 heavy (non-hydrogen) atoms. The van der Waals surface area contributed by atoms with Crippen molar-refractivity contribution in [1.29, 1.82) is 0 Å². The van der Waals surface area contributed by atoms with Crippen molar-refractivity contribution in [2.75, 3.05) is 38.7 Å². The van der Waals surface area contributed by atoms with Gasteiger partial charge in [0.15, 0.2) is 0 Å². The number of carbonyl (C=O) groups is 1. The maximum Gasteiger partial charge on any atom is 0.256 e. The zero-order valence-electron chi connectivity index (χ0n) is 16.1. The topological polar surface area (TPSA) is 84.9 Å². The van der Waals surface area contributed by atoms with Crippen LogP contribution in [0, 0.1) is 0 Å². The first-order chi connectivity index (χ1) is 13.9. The van der Waals surface area contributed by atoms with Gasteiger partial charge in [0, 0.05) is 30.4 Å². The molecule has 156 valence electrons. The Hall–Kier alpha value is -1.94. The molecule has 0 radical (unpaired) electrons. The van der Waals surface area contributed by atoms with Gasteiger partial charge in [-0.1, -0.05) is 0 Å². The number of ether oxygens (including phenoxy) is 2. The summed E-state index contributed by atoms with van der Waals surface area (Å²) in [6, 6.07) is 11.4. The predicted octanol–water partition coefficient (Wildman–Crippen LogP) is 3.51. The van der Waals surface area contributed by atoms with E-state index in [2.05, 4.69) is 21.2 Å². The van der Waals surface area contributed by atoms with Gasteiger partial charge in [-0.15, -0.1) is 0 Å². The van der Waals surface area contributed by atoms with Crippen molar-refractivity contribution in [3.63, 3.8) is 0 Å². The zero-order valence-corrected chi connectivity index (χ0v) is 18.5. The van der Waals surface area contributed by atoms with E-state index in [1.54, 1.807) is 37.4 Å². The molecule has 0 aliphatic carbocycles. The van der Waals surface area contributed by atoms with Gasteiger partial charge in [0.25, 0.3) is 5.91 Å². The number of nitrogens with one attached hydrogen (secondary N) is 1. The number of sulfonamides is 1. The molecule has 1 aliphatic rings. The largest absolute Gasteiger partial charge is 0.491 e. The molecule has 0 unspecified atom stereocenters. The van der Waals surface area contributed by atoms with Crippen LogP contribution in [0.2, 0.25) is 0 Å². The van der Waals surface area contributed by atoms with Crippen LogP contribution in [0.15, 0.2) is 51.8 Å². The number of halogens is 1. The van der Waals surface area contributed by atoms with Gasteiger partial charge >= 0.3 is 0 Å². The van der Waals surface area contributed by atoms with Crippen LogP contribution in [0.1, 0.15) is 23.2 Å². The van der Waals surface area contributed by atoms with Crippen LogP contribution < -0.4 is 10.1 Å². The van der Waals surface area contributed by atoms with Crippen molar-refractivity contribution in [2.45, 2.75) is 17.7 Å². The highest BCUT2D eigenvalue weighted by Gasteiger charge is 2.28. The molecule has 1 fully saturated rings. The van der Waals surface area contributed by atoms with Crippen LogP contribution in [0.3, 0.4) is 0 Å². The van der Waals surface area contributed by atoms with Gasteiger partial charge in [-0.2, -0.15) is 4.31 Å². The van der Waals surface area contributed by atoms with Gasteiger partial charge < -0.3 is 14.8 Å². The SMILES string of the molecule is COCCOc1ccc(NC(=O)c2cc(S(=O)(=O)N3CCCC3)ccc2Br)cc1. The molecule has 0 spiro atoms. The second kappa shape index (κ2) is 9.71. The van der Waals surface area contributed by atoms with Crippen molar-refractivity contribution in [3.05, 3.63) is 52.5 Å². The molecule has 9 heteroatoms. The molecule has 0 saturated carbocycles. The molecular formula is C20H23BrN2O5S. The Morgan fingerprint density at radius 3 is 2.45 bits per heavy atom. The summed E-state index contributed by atoms with van der Waals surface area (Å²) in [5.41, 5.74) is 0.833. The van der Waals surface area contributed by atoms with Crippen molar-refractivity contribution in [1.82, 2.24) is 4.31 Å². The second-order valence-corrected chi connectivity index (χ2v) is 9.36. The predicted molar refractivity (Wildman–Crippen MR) is 114 cm³/mol. The lowest BCUT2D eigenvalue weighted by atomic mass is 10.2. The van der Waals surface area contributed by atoms with Gasteiger partial charge in [-0.05, 0) is 71.2 Å². The molecule has 3 rings (SSSR count). The summed E-state index contributed by atoms with van der Waals surface area (Å²) in [5.74, 6) is 0.267. The van der Waals surface area contributed by atoms with Crippen molar-refractivity contribution in [2.24, 2.45) is 0 Å². The number of hydrogen-bond acceptors (Lipinski definition) is 5. The quantitative estimate of drug-likeness (QED) is 0.581. The highest BCUT2D eigenvalue weighted by atomic mass is 79.9. The molecule has 1 N–H and O–H groups in total. The van der Waals surface area contributed by atoms with E-state index in [1.807, 2.05) is 0 Å². The van der Waals surface area contributed by atoms with Gasteiger partial charge in [0.05, 0.1) is 17.1 Å². The summed E-state index contributed by atoms with van der Waals surface area (Å²) < 4.78 is 38.0. The van der Waals surface area contributed by atoms with Gasteiger partial charge in [0.1, 0.15) is 12.4 Å². The highest BCUT2D eigenvalue weighted by Crippen LogP contribution is 2.26. The summed E-state index contributed by atoms with van der Waals surface area (Å²) in [5, 5.41) is 2.78. The Morgan fingerprint density at radius 2 is 1.79 bits per heavy atom. The first-order valence-electron chi connectivity index (χ1n) is 9.24. The lowest BCUT2D eigenvalue weighted by Crippen LogP contribution is -2.28. The molecule has 0 aromatic heterocycles. The van der Waals surface area contributed by atoms with Crippen LogP contribution in [0.25, 0.3) is 0 Å². The van der Waals surface area contributed by atoms with Crippen LogP contribution in [0.5, 0.6) is 5.75 Å². The fraction of sp³-hybridized carbons (Fsp3) is 0.350.